The molecule has 1 aliphatic carbocycles. The zero-order valence-electron chi connectivity index (χ0n) is 9.79. The number of anilines is 1. The molecule has 0 aromatic heterocycles. The van der Waals surface area contributed by atoms with E-state index in [2.05, 4.69) is 73.6 Å². The van der Waals surface area contributed by atoms with Crippen LogP contribution in [0.1, 0.15) is 17.0 Å². The predicted molar refractivity (Wildman–Crippen MR) is 83.2 cm³/mol. The minimum absolute atomic E-state index is 0.639. The summed E-state index contributed by atoms with van der Waals surface area (Å²) in [5, 5.41) is 3.53. The molecule has 3 rings (SSSR count). The molecule has 1 nitrogen and oxygen atoms in total. The maximum absolute atomic E-state index is 3.58. The topological polar surface area (TPSA) is 12.0 Å². The second-order valence-corrected chi connectivity index (χ2v) is 6.29. The molecule has 18 heavy (non-hydrogen) atoms. The summed E-state index contributed by atoms with van der Waals surface area (Å²) in [7, 11) is 0. The summed E-state index contributed by atoms with van der Waals surface area (Å²) < 4.78 is 2.20. The average Bonchev–Trinajstić information content (AvgIpc) is 2.33. The number of para-hydroxylation sites is 1. The quantitative estimate of drug-likeness (QED) is 0.809. The van der Waals surface area contributed by atoms with E-state index in [9.17, 15) is 0 Å². The Morgan fingerprint density at radius 2 is 1.72 bits per heavy atom. The fourth-order valence-electron chi connectivity index (χ4n) is 2.44. The van der Waals surface area contributed by atoms with Gasteiger partial charge in [-0.2, -0.15) is 0 Å². The number of halogens is 2. The minimum atomic E-state index is 0.639. The molecule has 3 heteroatoms. The molecule has 1 atom stereocenters. The lowest BCUT2D eigenvalue weighted by atomic mass is 9.77. The second-order valence-electron chi connectivity index (χ2n) is 4.58. The maximum atomic E-state index is 3.58. The molecule has 1 N–H and O–H groups in total. The molecular formula is C15H13Br2N. The molecule has 2 aromatic carbocycles. The van der Waals surface area contributed by atoms with Crippen molar-refractivity contribution in [1.82, 2.24) is 0 Å². The first-order valence-electron chi connectivity index (χ1n) is 6.01. The van der Waals surface area contributed by atoms with Crippen molar-refractivity contribution < 1.29 is 0 Å². The van der Waals surface area contributed by atoms with Crippen LogP contribution in [0.15, 0.2) is 51.4 Å². The molecule has 1 unspecified atom stereocenters. The smallest absolute Gasteiger partial charge is 0.0629 e. The van der Waals surface area contributed by atoms with Crippen LogP contribution >= 0.6 is 31.9 Å². The molecule has 0 saturated carbocycles. The van der Waals surface area contributed by atoms with Gasteiger partial charge in [-0.1, -0.05) is 30.3 Å². The fourth-order valence-corrected chi connectivity index (χ4v) is 3.72. The van der Waals surface area contributed by atoms with Gasteiger partial charge in [0, 0.05) is 21.4 Å². The van der Waals surface area contributed by atoms with E-state index < -0.39 is 0 Å². The molecule has 92 valence electrons. The highest BCUT2D eigenvalue weighted by molar-refractivity contribution is 9.11. The van der Waals surface area contributed by atoms with Crippen LogP contribution in [0.5, 0.6) is 0 Å². The Hall–Kier alpha value is -0.800. The summed E-state index contributed by atoms with van der Waals surface area (Å²) in [4.78, 5) is 0. The lowest BCUT2D eigenvalue weighted by molar-refractivity contribution is 0.635. The Bertz CT molecular complexity index is 560. The molecule has 0 amide bonds. The van der Waals surface area contributed by atoms with Gasteiger partial charge in [-0.05, 0) is 61.5 Å². The number of hydrogen-bond donors (Lipinski definition) is 1. The van der Waals surface area contributed by atoms with Crippen LogP contribution in [0.3, 0.4) is 0 Å². The van der Waals surface area contributed by atoms with Crippen molar-refractivity contribution in [2.24, 2.45) is 0 Å². The zero-order valence-corrected chi connectivity index (χ0v) is 13.0. The summed E-state index contributed by atoms with van der Waals surface area (Å²) in [5.41, 5.74) is 4.13. The van der Waals surface area contributed by atoms with E-state index in [1.807, 2.05) is 6.07 Å². The van der Waals surface area contributed by atoms with Crippen LogP contribution < -0.4 is 5.32 Å². The van der Waals surface area contributed by atoms with Crippen molar-refractivity contribution in [3.63, 3.8) is 0 Å². The fraction of sp³-hybridized carbons (Fsp3) is 0.200. The second kappa shape index (κ2) is 5.06. The van der Waals surface area contributed by atoms with Gasteiger partial charge in [0.25, 0.3) is 0 Å². The van der Waals surface area contributed by atoms with Crippen LogP contribution in [-0.4, -0.2) is 6.54 Å². The standard InChI is InChI=1S/C15H13Br2N/c16-13-6-3-7-14(17)15(13)18-9-11-8-10-4-1-2-5-12(10)11/h1-7,11,18H,8-9H2. The van der Waals surface area contributed by atoms with E-state index >= 15 is 0 Å². The molecule has 0 heterocycles. The minimum Gasteiger partial charge on any atom is -0.383 e. The average molecular weight is 367 g/mol. The number of fused-ring (bicyclic) bond motifs is 1. The Labute approximate surface area is 124 Å². The third-order valence-corrected chi connectivity index (χ3v) is 4.77. The SMILES string of the molecule is Brc1cccc(Br)c1NCC1Cc2ccccc21. The normalized spacial score (nSPS) is 16.9. The summed E-state index contributed by atoms with van der Waals surface area (Å²) in [6, 6.07) is 14.8. The van der Waals surface area contributed by atoms with Crippen molar-refractivity contribution in [3.05, 3.63) is 62.5 Å². The summed E-state index contributed by atoms with van der Waals surface area (Å²) in [5.74, 6) is 0.639. The highest BCUT2D eigenvalue weighted by atomic mass is 79.9. The largest absolute Gasteiger partial charge is 0.383 e. The van der Waals surface area contributed by atoms with Gasteiger partial charge in [0.2, 0.25) is 0 Å². The molecule has 0 radical (unpaired) electrons. The van der Waals surface area contributed by atoms with E-state index in [1.165, 1.54) is 17.5 Å². The van der Waals surface area contributed by atoms with Gasteiger partial charge >= 0.3 is 0 Å². The van der Waals surface area contributed by atoms with E-state index in [0.717, 1.165) is 21.2 Å². The molecular weight excluding hydrogens is 354 g/mol. The molecule has 0 aliphatic heterocycles. The van der Waals surface area contributed by atoms with Gasteiger partial charge in [-0.25, -0.2) is 0 Å². The van der Waals surface area contributed by atoms with Crippen molar-refractivity contribution in [1.29, 1.82) is 0 Å². The van der Waals surface area contributed by atoms with Crippen molar-refractivity contribution in [3.8, 4) is 0 Å². The van der Waals surface area contributed by atoms with Gasteiger partial charge in [0.05, 0.1) is 5.69 Å². The molecule has 0 bridgehead atoms. The van der Waals surface area contributed by atoms with Gasteiger partial charge < -0.3 is 5.32 Å². The summed E-state index contributed by atoms with van der Waals surface area (Å²) >= 11 is 7.15. The summed E-state index contributed by atoms with van der Waals surface area (Å²) in [6.07, 6.45) is 1.19. The van der Waals surface area contributed by atoms with Crippen molar-refractivity contribution >= 4 is 37.5 Å². The van der Waals surface area contributed by atoms with Crippen molar-refractivity contribution in [2.75, 3.05) is 11.9 Å². The molecule has 0 saturated heterocycles. The monoisotopic (exact) mass is 365 g/mol. The van der Waals surface area contributed by atoms with Crippen LogP contribution in [0, 0.1) is 0 Å². The lowest BCUT2D eigenvalue weighted by Crippen LogP contribution is -2.24. The molecule has 1 aliphatic rings. The lowest BCUT2D eigenvalue weighted by Gasteiger charge is -2.30. The van der Waals surface area contributed by atoms with Gasteiger partial charge in [-0.15, -0.1) is 0 Å². The number of benzene rings is 2. The summed E-state index contributed by atoms with van der Waals surface area (Å²) in [6.45, 7) is 0.984. The molecule has 0 spiro atoms. The number of rotatable bonds is 3. The predicted octanol–water partition coefficient (Wildman–Crippen LogP) is 4.96. The Kier molecular flexibility index (Phi) is 3.44. The van der Waals surface area contributed by atoms with Crippen LogP contribution in [0.4, 0.5) is 5.69 Å². The highest BCUT2D eigenvalue weighted by Crippen LogP contribution is 2.36. The maximum Gasteiger partial charge on any atom is 0.0629 e. The first-order valence-corrected chi connectivity index (χ1v) is 7.60. The third kappa shape index (κ3) is 2.21. The Balaban J connectivity index is 1.70. The van der Waals surface area contributed by atoms with Crippen LogP contribution in [-0.2, 0) is 6.42 Å². The number of hydrogen-bond acceptors (Lipinski definition) is 1. The Morgan fingerprint density at radius 3 is 2.44 bits per heavy atom. The van der Waals surface area contributed by atoms with Crippen LogP contribution in [0.2, 0.25) is 0 Å². The van der Waals surface area contributed by atoms with E-state index in [1.54, 1.807) is 0 Å². The Morgan fingerprint density at radius 1 is 1.00 bits per heavy atom. The number of nitrogens with one attached hydrogen (secondary N) is 1. The first kappa shape index (κ1) is 12.2. The van der Waals surface area contributed by atoms with E-state index in [-0.39, 0.29) is 0 Å². The van der Waals surface area contributed by atoms with Crippen LogP contribution in [0.25, 0.3) is 0 Å². The zero-order chi connectivity index (χ0) is 12.5. The third-order valence-electron chi connectivity index (χ3n) is 3.45. The molecule has 2 aromatic rings. The molecule has 0 fully saturated rings. The van der Waals surface area contributed by atoms with Gasteiger partial charge in [-0.3, -0.25) is 0 Å². The van der Waals surface area contributed by atoms with Crippen molar-refractivity contribution in [2.45, 2.75) is 12.3 Å². The van der Waals surface area contributed by atoms with E-state index in [0.29, 0.717) is 5.92 Å². The first-order chi connectivity index (χ1) is 8.75. The van der Waals surface area contributed by atoms with Gasteiger partial charge in [0.15, 0.2) is 0 Å². The van der Waals surface area contributed by atoms with E-state index in [4.69, 9.17) is 0 Å². The highest BCUT2D eigenvalue weighted by Gasteiger charge is 2.25. The van der Waals surface area contributed by atoms with Gasteiger partial charge in [0.1, 0.15) is 0 Å².